The van der Waals surface area contributed by atoms with Gasteiger partial charge in [-0.05, 0) is 25.1 Å². The van der Waals surface area contributed by atoms with Crippen LogP contribution in [0.3, 0.4) is 0 Å². The van der Waals surface area contributed by atoms with Crippen LogP contribution in [0.2, 0.25) is 5.02 Å². The smallest absolute Gasteiger partial charge is 0.339 e. The zero-order chi connectivity index (χ0) is 21.7. The lowest BCUT2D eigenvalue weighted by Crippen LogP contribution is -2.42. The third kappa shape index (κ3) is 6.07. The molecule has 1 amide bonds. The van der Waals surface area contributed by atoms with Crippen molar-refractivity contribution in [2.45, 2.75) is 37.2 Å². The van der Waals surface area contributed by atoms with Gasteiger partial charge in [0.1, 0.15) is 17.6 Å². The number of carbonyl (C=O) groups is 1. The third-order valence-electron chi connectivity index (χ3n) is 4.70. The first-order valence-corrected chi connectivity index (χ1v) is 11.4. The number of likely N-dealkylation sites (tertiary alicyclic amines) is 1. The number of halogens is 1. The van der Waals surface area contributed by atoms with E-state index in [4.69, 9.17) is 20.8 Å². The predicted molar refractivity (Wildman–Crippen MR) is 111 cm³/mol. The second kappa shape index (κ2) is 9.63. The quantitative estimate of drug-likeness (QED) is 0.688. The normalized spacial score (nSPS) is 15.2. The van der Waals surface area contributed by atoms with Gasteiger partial charge in [-0.3, -0.25) is 4.79 Å². The number of carbonyl (C=O) groups excluding carboxylic acids is 1. The number of amides is 1. The number of hydrogen-bond donors (Lipinski definition) is 1. The first kappa shape index (κ1) is 22.3. The maximum atomic E-state index is 12.4. The number of nitrogens with zero attached hydrogens (tertiary/aromatic N) is 1. The van der Waals surface area contributed by atoms with Crippen LogP contribution in [0.1, 0.15) is 25.0 Å². The van der Waals surface area contributed by atoms with Gasteiger partial charge in [0.2, 0.25) is 15.9 Å². The highest BCUT2D eigenvalue weighted by molar-refractivity contribution is 7.89. The SMILES string of the molecule is Cc1cc(OC2CCN(C(=O)CCNS(=O)(=O)c3cccc(Cl)c3)CC2)cc(=O)o1. The van der Waals surface area contributed by atoms with Crippen molar-refractivity contribution in [1.29, 1.82) is 0 Å². The van der Waals surface area contributed by atoms with E-state index in [9.17, 15) is 18.0 Å². The van der Waals surface area contributed by atoms with Crippen molar-refractivity contribution in [3.05, 3.63) is 57.6 Å². The van der Waals surface area contributed by atoms with Crippen molar-refractivity contribution >= 4 is 27.5 Å². The van der Waals surface area contributed by atoms with Gasteiger partial charge in [-0.15, -0.1) is 0 Å². The van der Waals surface area contributed by atoms with E-state index >= 15 is 0 Å². The van der Waals surface area contributed by atoms with Gasteiger partial charge in [-0.25, -0.2) is 17.9 Å². The number of hydrogen-bond acceptors (Lipinski definition) is 6. The summed E-state index contributed by atoms with van der Waals surface area (Å²) in [6.45, 7) is 2.69. The topological polar surface area (TPSA) is 106 Å². The average Bonchev–Trinajstić information content (AvgIpc) is 2.67. The van der Waals surface area contributed by atoms with Crippen molar-refractivity contribution in [1.82, 2.24) is 9.62 Å². The highest BCUT2D eigenvalue weighted by atomic mass is 35.5. The Hall–Kier alpha value is -2.36. The minimum atomic E-state index is -3.72. The van der Waals surface area contributed by atoms with Gasteiger partial charge >= 0.3 is 5.63 Å². The summed E-state index contributed by atoms with van der Waals surface area (Å²) in [6.07, 6.45) is 1.21. The van der Waals surface area contributed by atoms with Gasteiger partial charge < -0.3 is 14.1 Å². The summed E-state index contributed by atoms with van der Waals surface area (Å²) in [4.78, 5) is 25.6. The molecule has 0 unspecified atom stereocenters. The van der Waals surface area contributed by atoms with Crippen LogP contribution >= 0.6 is 11.6 Å². The predicted octanol–water partition coefficient (Wildman–Crippen LogP) is 2.34. The van der Waals surface area contributed by atoms with Crippen molar-refractivity contribution < 1.29 is 22.4 Å². The van der Waals surface area contributed by atoms with E-state index in [0.717, 1.165) is 0 Å². The molecule has 0 aliphatic carbocycles. The van der Waals surface area contributed by atoms with E-state index in [1.54, 1.807) is 30.0 Å². The maximum absolute atomic E-state index is 12.4. The summed E-state index contributed by atoms with van der Waals surface area (Å²) >= 11 is 5.83. The van der Waals surface area contributed by atoms with E-state index < -0.39 is 15.6 Å². The zero-order valence-corrected chi connectivity index (χ0v) is 18.0. The van der Waals surface area contributed by atoms with Crippen LogP contribution in [0, 0.1) is 6.92 Å². The van der Waals surface area contributed by atoms with Gasteiger partial charge in [0, 0.05) is 50.0 Å². The number of sulfonamides is 1. The van der Waals surface area contributed by atoms with Crippen LogP contribution in [0.25, 0.3) is 0 Å². The Kier molecular flexibility index (Phi) is 7.17. The summed E-state index contributed by atoms with van der Waals surface area (Å²) in [5.41, 5.74) is -0.460. The van der Waals surface area contributed by atoms with Gasteiger partial charge in [0.15, 0.2) is 0 Å². The summed E-state index contributed by atoms with van der Waals surface area (Å²) in [6, 6.07) is 8.90. The van der Waals surface area contributed by atoms with Crippen LogP contribution in [0.15, 0.2) is 50.5 Å². The molecule has 0 saturated carbocycles. The molecule has 1 aliphatic rings. The van der Waals surface area contributed by atoms with E-state index in [2.05, 4.69) is 4.72 Å². The molecular weight excluding hydrogens is 432 g/mol. The summed E-state index contributed by atoms with van der Waals surface area (Å²) in [5.74, 6) is 0.813. The Morgan fingerprint density at radius 3 is 2.67 bits per heavy atom. The van der Waals surface area contributed by atoms with Crippen molar-refractivity contribution in [2.75, 3.05) is 19.6 Å². The first-order chi connectivity index (χ1) is 14.2. The molecule has 0 atom stereocenters. The Labute approximate surface area is 179 Å². The van der Waals surface area contributed by atoms with E-state index in [-0.39, 0.29) is 29.9 Å². The molecule has 1 aromatic carbocycles. The second-order valence-electron chi connectivity index (χ2n) is 7.03. The molecule has 1 saturated heterocycles. The lowest BCUT2D eigenvalue weighted by molar-refractivity contribution is -0.132. The molecule has 1 aliphatic heterocycles. The van der Waals surface area contributed by atoms with Gasteiger partial charge in [0.25, 0.3) is 0 Å². The molecule has 1 N–H and O–H groups in total. The molecule has 2 aromatic rings. The standard InChI is InChI=1S/C20H23ClN2O6S/c1-14-11-17(13-20(25)28-14)29-16-6-9-23(10-7-16)19(24)5-8-22-30(26,27)18-4-2-3-15(21)12-18/h2-4,11-13,16,22H,5-10H2,1H3. The molecule has 0 radical (unpaired) electrons. The molecular formula is C20H23ClN2O6S. The minimum Gasteiger partial charge on any atom is -0.490 e. The highest BCUT2D eigenvalue weighted by Gasteiger charge is 2.24. The fourth-order valence-electron chi connectivity index (χ4n) is 3.23. The number of nitrogens with one attached hydrogen (secondary N) is 1. The Bertz CT molecular complexity index is 1060. The molecule has 162 valence electrons. The third-order valence-corrected chi connectivity index (χ3v) is 6.40. The second-order valence-corrected chi connectivity index (χ2v) is 9.23. The monoisotopic (exact) mass is 454 g/mol. The minimum absolute atomic E-state index is 0.00315. The average molecular weight is 455 g/mol. The van der Waals surface area contributed by atoms with E-state index in [1.807, 2.05) is 0 Å². The molecule has 1 aromatic heterocycles. The summed E-state index contributed by atoms with van der Waals surface area (Å²) in [5, 5.41) is 0.325. The molecule has 3 rings (SSSR count). The Balaban J connectivity index is 1.44. The van der Waals surface area contributed by atoms with Gasteiger partial charge in [-0.2, -0.15) is 0 Å². The van der Waals surface area contributed by atoms with Crippen molar-refractivity contribution in [3.8, 4) is 5.75 Å². The molecule has 2 heterocycles. The van der Waals surface area contributed by atoms with E-state index in [0.29, 0.717) is 42.5 Å². The number of benzene rings is 1. The van der Waals surface area contributed by atoms with Gasteiger partial charge in [-0.1, -0.05) is 17.7 Å². The van der Waals surface area contributed by atoms with Crippen molar-refractivity contribution in [3.63, 3.8) is 0 Å². The molecule has 8 nitrogen and oxygen atoms in total. The molecule has 1 fully saturated rings. The molecule has 0 bridgehead atoms. The van der Waals surface area contributed by atoms with Crippen molar-refractivity contribution in [2.24, 2.45) is 0 Å². The van der Waals surface area contributed by atoms with Crippen LogP contribution < -0.4 is 15.1 Å². The lowest BCUT2D eigenvalue weighted by atomic mass is 10.1. The Morgan fingerprint density at radius 1 is 1.27 bits per heavy atom. The summed E-state index contributed by atoms with van der Waals surface area (Å²) < 4.78 is 37.7. The van der Waals surface area contributed by atoms with Crippen LogP contribution in [-0.4, -0.2) is 45.0 Å². The lowest BCUT2D eigenvalue weighted by Gasteiger charge is -2.32. The van der Waals surface area contributed by atoms with E-state index in [1.165, 1.54) is 18.2 Å². The fraction of sp³-hybridized carbons (Fsp3) is 0.400. The fourth-order valence-corrected chi connectivity index (χ4v) is 4.56. The molecule has 10 heteroatoms. The van der Waals surface area contributed by atoms with Crippen LogP contribution in [0.4, 0.5) is 0 Å². The van der Waals surface area contributed by atoms with Crippen LogP contribution in [0.5, 0.6) is 5.75 Å². The largest absolute Gasteiger partial charge is 0.490 e. The zero-order valence-electron chi connectivity index (χ0n) is 16.5. The number of aryl methyl sites for hydroxylation is 1. The summed E-state index contributed by atoms with van der Waals surface area (Å²) in [7, 11) is -3.72. The first-order valence-electron chi connectivity index (χ1n) is 9.54. The number of rotatable bonds is 7. The molecule has 30 heavy (non-hydrogen) atoms. The molecule has 0 spiro atoms. The highest BCUT2D eigenvalue weighted by Crippen LogP contribution is 2.19. The maximum Gasteiger partial charge on any atom is 0.339 e. The Morgan fingerprint density at radius 2 is 2.00 bits per heavy atom. The number of piperidine rings is 1. The number of ether oxygens (including phenoxy) is 1. The van der Waals surface area contributed by atoms with Gasteiger partial charge in [0.05, 0.1) is 11.0 Å². The van der Waals surface area contributed by atoms with Crippen LogP contribution in [-0.2, 0) is 14.8 Å².